The lowest BCUT2D eigenvalue weighted by molar-refractivity contribution is 0.890. The Balaban J connectivity index is 2.20. The molecule has 0 nitrogen and oxygen atoms in total. The highest BCUT2D eigenvalue weighted by Gasteiger charge is 2.24. The minimum atomic E-state index is 0.588. The summed E-state index contributed by atoms with van der Waals surface area (Å²) in [6.07, 6.45) is 10.3. The highest BCUT2D eigenvalue weighted by molar-refractivity contribution is 5.86. The molecule has 0 amide bonds. The zero-order valence-corrected chi connectivity index (χ0v) is 8.98. The third-order valence-corrected chi connectivity index (χ3v) is 3.72. The summed E-state index contributed by atoms with van der Waals surface area (Å²) in [7, 11) is 0. The van der Waals surface area contributed by atoms with E-state index in [1.165, 1.54) is 27.8 Å². The smallest absolute Gasteiger partial charge is 0.00682 e. The van der Waals surface area contributed by atoms with Gasteiger partial charge < -0.3 is 0 Å². The van der Waals surface area contributed by atoms with Gasteiger partial charge in [0.1, 0.15) is 0 Å². The van der Waals surface area contributed by atoms with Crippen LogP contribution in [0.1, 0.15) is 29.0 Å². The van der Waals surface area contributed by atoms with Crippen LogP contribution in [0.25, 0.3) is 23.3 Å². The van der Waals surface area contributed by atoms with Crippen LogP contribution in [-0.4, -0.2) is 0 Å². The first-order valence-electron chi connectivity index (χ1n) is 5.84. The van der Waals surface area contributed by atoms with Crippen LogP contribution < -0.4 is 0 Å². The van der Waals surface area contributed by atoms with E-state index in [-0.39, 0.29) is 0 Å². The molecule has 0 heteroatoms. The average Bonchev–Trinajstić information content (AvgIpc) is 2.76. The van der Waals surface area contributed by atoms with Crippen LogP contribution in [0.15, 0.2) is 42.5 Å². The van der Waals surface area contributed by atoms with Gasteiger partial charge in [-0.15, -0.1) is 0 Å². The monoisotopic (exact) mass is 204 g/mol. The summed E-state index contributed by atoms with van der Waals surface area (Å²) in [6.45, 7) is 0. The molecule has 0 aromatic heterocycles. The Morgan fingerprint density at radius 1 is 0.938 bits per heavy atom. The molecule has 0 N–H and O–H groups in total. The van der Waals surface area contributed by atoms with E-state index >= 15 is 0 Å². The second kappa shape index (κ2) is 2.85. The Kier molecular flexibility index (Phi) is 1.49. The summed E-state index contributed by atoms with van der Waals surface area (Å²) in [5.74, 6) is 0.588. The molecule has 0 fully saturated rings. The molecule has 4 rings (SSSR count). The summed E-state index contributed by atoms with van der Waals surface area (Å²) < 4.78 is 0. The SMILES string of the molecule is C1=Cc2ccc3cccc4c(c2-3)C(C=C4)C1. The zero-order chi connectivity index (χ0) is 10.5. The molecule has 76 valence electrons. The van der Waals surface area contributed by atoms with Crippen LogP contribution >= 0.6 is 0 Å². The topological polar surface area (TPSA) is 0 Å². The van der Waals surface area contributed by atoms with Crippen molar-refractivity contribution in [2.24, 2.45) is 0 Å². The standard InChI is InChI=1S/C16H12/c1-3-11-7-9-13-5-2-6-14-10-8-12(4-1)16(14)15(11)13/h1-5,7-10,14H,6H2. The largest absolute Gasteiger partial charge is 0.0830 e. The second-order valence-electron chi connectivity index (χ2n) is 4.62. The van der Waals surface area contributed by atoms with Gasteiger partial charge in [-0.3, -0.25) is 0 Å². The molecular weight excluding hydrogens is 192 g/mol. The van der Waals surface area contributed by atoms with Gasteiger partial charge >= 0.3 is 0 Å². The Hall–Kier alpha value is -1.82. The quantitative estimate of drug-likeness (QED) is 0.599. The van der Waals surface area contributed by atoms with Crippen molar-refractivity contribution in [1.82, 2.24) is 0 Å². The van der Waals surface area contributed by atoms with E-state index in [0.717, 1.165) is 6.42 Å². The molecule has 0 radical (unpaired) electrons. The van der Waals surface area contributed by atoms with E-state index in [4.69, 9.17) is 0 Å². The van der Waals surface area contributed by atoms with Crippen LogP contribution in [-0.2, 0) is 0 Å². The minimum Gasteiger partial charge on any atom is -0.0830 e. The van der Waals surface area contributed by atoms with E-state index < -0.39 is 0 Å². The van der Waals surface area contributed by atoms with Crippen molar-refractivity contribution < 1.29 is 0 Å². The summed E-state index contributed by atoms with van der Waals surface area (Å²) in [4.78, 5) is 0. The third kappa shape index (κ3) is 0.943. The Morgan fingerprint density at radius 2 is 1.94 bits per heavy atom. The molecule has 0 spiro atoms. The first kappa shape index (κ1) is 8.35. The van der Waals surface area contributed by atoms with Gasteiger partial charge in [-0.05, 0) is 34.2 Å². The number of hydrogen-bond acceptors (Lipinski definition) is 0. The van der Waals surface area contributed by atoms with E-state index in [2.05, 4.69) is 54.6 Å². The van der Waals surface area contributed by atoms with Gasteiger partial charge in [-0.1, -0.05) is 54.6 Å². The van der Waals surface area contributed by atoms with Gasteiger partial charge in [0.25, 0.3) is 0 Å². The maximum Gasteiger partial charge on any atom is 0.00682 e. The molecular formula is C16H12. The molecule has 0 saturated heterocycles. The molecule has 4 aliphatic carbocycles. The lowest BCUT2D eigenvalue weighted by Gasteiger charge is -2.09. The first-order chi connectivity index (χ1) is 7.93. The summed E-state index contributed by atoms with van der Waals surface area (Å²) in [6, 6.07) is 11.1. The summed E-state index contributed by atoms with van der Waals surface area (Å²) >= 11 is 0. The number of rotatable bonds is 0. The predicted molar refractivity (Wildman–Crippen MR) is 68.5 cm³/mol. The lowest BCUT2D eigenvalue weighted by Crippen LogP contribution is -1.91. The van der Waals surface area contributed by atoms with Gasteiger partial charge in [0.15, 0.2) is 0 Å². The molecule has 1 unspecified atom stereocenters. The highest BCUT2D eigenvalue weighted by atomic mass is 14.3. The maximum atomic E-state index is 2.34. The molecule has 16 heavy (non-hydrogen) atoms. The van der Waals surface area contributed by atoms with Gasteiger partial charge in [0, 0.05) is 5.92 Å². The lowest BCUT2D eigenvalue weighted by atomic mass is 9.94. The summed E-state index contributed by atoms with van der Waals surface area (Å²) in [5, 5.41) is 0. The van der Waals surface area contributed by atoms with Crippen LogP contribution in [0.3, 0.4) is 0 Å². The average molecular weight is 204 g/mol. The van der Waals surface area contributed by atoms with E-state index in [0.29, 0.717) is 5.92 Å². The predicted octanol–water partition coefficient (Wildman–Crippen LogP) is 4.32. The molecule has 0 aromatic rings. The van der Waals surface area contributed by atoms with Crippen LogP contribution in [0, 0.1) is 0 Å². The molecule has 0 heterocycles. The van der Waals surface area contributed by atoms with Gasteiger partial charge in [0.05, 0.1) is 0 Å². The first-order valence-corrected chi connectivity index (χ1v) is 5.84. The van der Waals surface area contributed by atoms with Crippen molar-refractivity contribution >= 4 is 12.2 Å². The zero-order valence-electron chi connectivity index (χ0n) is 8.98. The minimum absolute atomic E-state index is 0.588. The van der Waals surface area contributed by atoms with Crippen molar-refractivity contribution in [3.8, 4) is 11.1 Å². The Morgan fingerprint density at radius 3 is 2.94 bits per heavy atom. The van der Waals surface area contributed by atoms with Crippen molar-refractivity contribution in [3.05, 3.63) is 59.2 Å². The van der Waals surface area contributed by atoms with E-state index in [1.807, 2.05) is 0 Å². The maximum absolute atomic E-state index is 2.34. The molecule has 0 saturated carbocycles. The molecule has 4 aliphatic rings. The van der Waals surface area contributed by atoms with Crippen LogP contribution in [0.2, 0.25) is 0 Å². The Bertz CT molecular complexity index is 602. The van der Waals surface area contributed by atoms with Crippen molar-refractivity contribution in [3.63, 3.8) is 0 Å². The highest BCUT2D eigenvalue weighted by Crippen LogP contribution is 2.44. The van der Waals surface area contributed by atoms with Crippen molar-refractivity contribution in [1.29, 1.82) is 0 Å². The van der Waals surface area contributed by atoms with Crippen molar-refractivity contribution in [2.75, 3.05) is 0 Å². The third-order valence-electron chi connectivity index (χ3n) is 3.72. The molecule has 0 aliphatic heterocycles. The second-order valence-corrected chi connectivity index (χ2v) is 4.62. The van der Waals surface area contributed by atoms with E-state index in [1.54, 1.807) is 0 Å². The van der Waals surface area contributed by atoms with Gasteiger partial charge in [-0.25, -0.2) is 0 Å². The normalized spacial score (nSPS) is 20.4. The Labute approximate surface area is 95.3 Å². The van der Waals surface area contributed by atoms with Crippen molar-refractivity contribution in [2.45, 2.75) is 12.3 Å². The fourth-order valence-electron chi connectivity index (χ4n) is 2.99. The molecule has 0 bridgehead atoms. The molecule has 1 atom stereocenters. The molecule has 0 aromatic carbocycles. The fourth-order valence-corrected chi connectivity index (χ4v) is 2.99. The van der Waals surface area contributed by atoms with Crippen LogP contribution in [0.5, 0.6) is 0 Å². The van der Waals surface area contributed by atoms with Crippen LogP contribution in [0.4, 0.5) is 0 Å². The van der Waals surface area contributed by atoms with Gasteiger partial charge in [-0.2, -0.15) is 0 Å². The number of hydrogen-bond donors (Lipinski definition) is 0. The van der Waals surface area contributed by atoms with Gasteiger partial charge in [0.2, 0.25) is 0 Å². The number of allylic oxidation sites excluding steroid dienone is 2. The summed E-state index contributed by atoms with van der Waals surface area (Å²) in [5.41, 5.74) is 7.15. The fraction of sp³-hybridized carbons (Fsp3) is 0.125. The van der Waals surface area contributed by atoms with E-state index in [9.17, 15) is 0 Å².